The van der Waals surface area contributed by atoms with Gasteiger partial charge in [-0.15, -0.1) is 0 Å². The van der Waals surface area contributed by atoms with Crippen LogP contribution in [0.1, 0.15) is 16.7 Å². The van der Waals surface area contributed by atoms with Gasteiger partial charge in [0, 0.05) is 5.69 Å². The molecule has 3 rings (SSSR count). The number of carbonyl (C=O) groups excluding carboxylic acids is 1. The Hall–Kier alpha value is -2.43. The van der Waals surface area contributed by atoms with Crippen molar-refractivity contribution in [1.29, 1.82) is 0 Å². The number of hydrogen-bond acceptors (Lipinski definition) is 1. The Morgan fingerprint density at radius 2 is 1.59 bits per heavy atom. The van der Waals surface area contributed by atoms with Crippen molar-refractivity contribution < 1.29 is 14.6 Å². The van der Waals surface area contributed by atoms with Gasteiger partial charge in [0.05, 0.1) is 6.54 Å². The molecule has 0 aliphatic carbocycles. The van der Waals surface area contributed by atoms with Gasteiger partial charge in [0.1, 0.15) is 26.2 Å². The zero-order valence-electron chi connectivity index (χ0n) is 16.4. The molecule has 1 aliphatic heterocycles. The van der Waals surface area contributed by atoms with Crippen molar-refractivity contribution in [2.45, 2.75) is 13.8 Å². The van der Waals surface area contributed by atoms with Crippen molar-refractivity contribution in [2.75, 3.05) is 44.6 Å². The maximum absolute atomic E-state index is 12.4. The number of piperazine rings is 1. The van der Waals surface area contributed by atoms with E-state index < -0.39 is 0 Å². The van der Waals surface area contributed by atoms with Gasteiger partial charge in [-0.25, -0.2) is 0 Å². The third-order valence-electron chi connectivity index (χ3n) is 5.10. The molecule has 2 aromatic rings. The topological polar surface area (TPSA) is 38.0 Å². The lowest BCUT2D eigenvalue weighted by Gasteiger charge is -2.28. The minimum absolute atomic E-state index is 0.113. The average Bonchev–Trinajstić information content (AvgIpc) is 2.63. The quantitative estimate of drug-likeness (QED) is 0.694. The van der Waals surface area contributed by atoms with Crippen molar-refractivity contribution in [3.63, 3.8) is 0 Å². The fourth-order valence-electron chi connectivity index (χ4n) is 3.74. The van der Waals surface area contributed by atoms with Crippen LogP contribution in [0.3, 0.4) is 0 Å². The molecular formula is C23H31N3O+2. The highest BCUT2D eigenvalue weighted by molar-refractivity contribution is 5.91. The van der Waals surface area contributed by atoms with Crippen LogP contribution in [0.2, 0.25) is 0 Å². The second-order valence-electron chi connectivity index (χ2n) is 7.62. The van der Waals surface area contributed by atoms with Crippen molar-refractivity contribution >= 4 is 17.7 Å². The summed E-state index contributed by atoms with van der Waals surface area (Å²) < 4.78 is 0. The predicted molar refractivity (Wildman–Crippen MR) is 111 cm³/mol. The van der Waals surface area contributed by atoms with E-state index in [2.05, 4.69) is 61.6 Å². The molecule has 1 amide bonds. The smallest absolute Gasteiger partial charge is 0.279 e. The lowest BCUT2D eigenvalue weighted by molar-refractivity contribution is -1.01. The van der Waals surface area contributed by atoms with Gasteiger partial charge in [-0.2, -0.15) is 0 Å². The van der Waals surface area contributed by atoms with E-state index in [1.807, 2.05) is 18.2 Å². The average molecular weight is 366 g/mol. The monoisotopic (exact) mass is 365 g/mol. The van der Waals surface area contributed by atoms with Crippen LogP contribution < -0.4 is 15.1 Å². The van der Waals surface area contributed by atoms with E-state index in [0.717, 1.165) is 38.4 Å². The van der Waals surface area contributed by atoms with Crippen molar-refractivity contribution in [3.8, 4) is 0 Å². The van der Waals surface area contributed by atoms with Crippen molar-refractivity contribution in [3.05, 3.63) is 71.3 Å². The van der Waals surface area contributed by atoms with Crippen molar-refractivity contribution in [2.24, 2.45) is 0 Å². The summed E-state index contributed by atoms with van der Waals surface area (Å²) in [5.74, 6) is 0.113. The number of nitrogens with one attached hydrogen (secondary N) is 3. The Morgan fingerprint density at radius 3 is 2.26 bits per heavy atom. The van der Waals surface area contributed by atoms with Crippen LogP contribution in [-0.4, -0.2) is 45.2 Å². The highest BCUT2D eigenvalue weighted by atomic mass is 16.2. The number of amides is 1. The largest absolute Gasteiger partial charge is 0.322 e. The van der Waals surface area contributed by atoms with Crippen molar-refractivity contribution in [1.82, 2.24) is 0 Å². The molecule has 2 aromatic carbocycles. The molecule has 0 atom stereocenters. The van der Waals surface area contributed by atoms with E-state index in [1.54, 1.807) is 4.90 Å². The maximum Gasteiger partial charge on any atom is 0.279 e. The Kier molecular flexibility index (Phi) is 6.80. The van der Waals surface area contributed by atoms with E-state index in [1.165, 1.54) is 21.6 Å². The van der Waals surface area contributed by atoms with Crippen LogP contribution in [0.25, 0.3) is 6.08 Å². The summed E-state index contributed by atoms with van der Waals surface area (Å²) in [7, 11) is 0. The van der Waals surface area contributed by atoms with Gasteiger partial charge in [-0.3, -0.25) is 4.79 Å². The van der Waals surface area contributed by atoms with E-state index in [0.29, 0.717) is 6.54 Å². The maximum atomic E-state index is 12.4. The fourth-order valence-corrected chi connectivity index (χ4v) is 3.74. The lowest BCUT2D eigenvalue weighted by Crippen LogP contribution is -3.28. The molecule has 1 fully saturated rings. The first-order valence-electron chi connectivity index (χ1n) is 9.85. The molecule has 4 heteroatoms. The van der Waals surface area contributed by atoms with Gasteiger partial charge in [-0.1, -0.05) is 42.5 Å². The van der Waals surface area contributed by atoms with E-state index in [9.17, 15) is 4.79 Å². The summed E-state index contributed by atoms with van der Waals surface area (Å²) in [6.07, 6.45) is 4.46. The highest BCUT2D eigenvalue weighted by Crippen LogP contribution is 2.13. The number of quaternary nitrogens is 2. The van der Waals surface area contributed by atoms with Gasteiger partial charge in [-0.05, 0) is 48.7 Å². The summed E-state index contributed by atoms with van der Waals surface area (Å²) in [5, 5.41) is 3.06. The second kappa shape index (κ2) is 9.49. The van der Waals surface area contributed by atoms with Gasteiger partial charge < -0.3 is 15.1 Å². The first kappa shape index (κ1) is 19.3. The van der Waals surface area contributed by atoms with Gasteiger partial charge in [0.25, 0.3) is 5.91 Å². The predicted octanol–water partition coefficient (Wildman–Crippen LogP) is 0.739. The number of hydrogen-bond donors (Lipinski definition) is 3. The molecule has 1 heterocycles. The molecule has 142 valence electrons. The lowest BCUT2D eigenvalue weighted by atomic mass is 10.1. The Balaban J connectivity index is 1.40. The second-order valence-corrected chi connectivity index (χ2v) is 7.62. The van der Waals surface area contributed by atoms with Gasteiger partial charge in [0.15, 0.2) is 6.54 Å². The molecular weight excluding hydrogens is 334 g/mol. The summed E-state index contributed by atoms with van der Waals surface area (Å²) >= 11 is 0. The van der Waals surface area contributed by atoms with E-state index >= 15 is 0 Å². The Labute approximate surface area is 162 Å². The minimum atomic E-state index is 0.113. The Bertz CT molecular complexity index is 757. The first-order valence-corrected chi connectivity index (χ1v) is 9.85. The highest BCUT2D eigenvalue weighted by Gasteiger charge is 2.24. The molecule has 0 spiro atoms. The molecule has 3 N–H and O–H groups in total. The van der Waals surface area contributed by atoms with Crippen LogP contribution in [-0.2, 0) is 4.79 Å². The fraction of sp³-hybridized carbons (Fsp3) is 0.348. The summed E-state index contributed by atoms with van der Waals surface area (Å²) in [6.45, 7) is 10.1. The van der Waals surface area contributed by atoms with E-state index in [-0.39, 0.29) is 5.91 Å². The summed E-state index contributed by atoms with van der Waals surface area (Å²) in [5.41, 5.74) is 4.52. The standard InChI is InChI=1S/C23H29N3O/c1-19-15-20(2)17-22(16-19)24-23(27)18-26-13-11-25(12-14-26)10-6-9-21-7-4-3-5-8-21/h3-9,15-17H,10-14,18H2,1-2H3,(H,24,27)/p+2/b9-6+. The van der Waals surface area contributed by atoms with Gasteiger partial charge >= 0.3 is 0 Å². The minimum Gasteiger partial charge on any atom is -0.322 e. The van der Waals surface area contributed by atoms with Crippen LogP contribution in [0.5, 0.6) is 0 Å². The molecule has 27 heavy (non-hydrogen) atoms. The number of benzene rings is 2. The SMILES string of the molecule is Cc1cc(C)cc(NC(=O)C[NH+]2CC[NH+](C/C=C/c3ccccc3)CC2)c1. The van der Waals surface area contributed by atoms with E-state index in [4.69, 9.17) is 0 Å². The number of carbonyl (C=O) groups is 1. The third-order valence-corrected chi connectivity index (χ3v) is 5.10. The Morgan fingerprint density at radius 1 is 0.963 bits per heavy atom. The van der Waals surface area contributed by atoms with Crippen LogP contribution in [0.4, 0.5) is 5.69 Å². The molecule has 0 bridgehead atoms. The number of rotatable bonds is 6. The zero-order valence-corrected chi connectivity index (χ0v) is 16.4. The normalized spacial score (nSPS) is 19.9. The molecule has 0 radical (unpaired) electrons. The number of aryl methyl sites for hydroxylation is 2. The zero-order chi connectivity index (χ0) is 19.1. The first-order chi connectivity index (χ1) is 13.1. The van der Waals surface area contributed by atoms with Crippen LogP contribution in [0.15, 0.2) is 54.6 Å². The van der Waals surface area contributed by atoms with Crippen LogP contribution >= 0.6 is 0 Å². The summed E-state index contributed by atoms with van der Waals surface area (Å²) in [4.78, 5) is 15.3. The molecule has 4 nitrogen and oxygen atoms in total. The molecule has 0 unspecified atom stereocenters. The molecule has 1 aliphatic rings. The molecule has 1 saturated heterocycles. The third kappa shape index (κ3) is 6.35. The molecule has 0 aromatic heterocycles. The molecule has 0 saturated carbocycles. The van der Waals surface area contributed by atoms with Crippen LogP contribution in [0, 0.1) is 13.8 Å². The van der Waals surface area contributed by atoms with Gasteiger partial charge in [0.2, 0.25) is 0 Å². The summed E-state index contributed by atoms with van der Waals surface area (Å²) in [6, 6.07) is 16.6. The number of anilines is 1.